The lowest BCUT2D eigenvalue weighted by Crippen LogP contribution is -2.53. The van der Waals surface area contributed by atoms with Crippen molar-refractivity contribution in [2.75, 3.05) is 137 Å². The fourth-order valence-corrected chi connectivity index (χ4v) is 9.08. The van der Waals surface area contributed by atoms with Crippen LogP contribution in [0.2, 0.25) is 5.02 Å². The summed E-state index contributed by atoms with van der Waals surface area (Å²) in [5.41, 5.74) is 1.34. The number of pyridine rings is 1. The van der Waals surface area contributed by atoms with Gasteiger partial charge >= 0.3 is 22.3 Å². The van der Waals surface area contributed by atoms with Crippen LogP contribution in [0.25, 0.3) is 11.0 Å². The zero-order chi connectivity index (χ0) is 51.0. The van der Waals surface area contributed by atoms with Gasteiger partial charge in [0, 0.05) is 30.9 Å². The van der Waals surface area contributed by atoms with E-state index in [2.05, 4.69) is 4.98 Å². The lowest BCUT2D eigenvalue weighted by Gasteiger charge is -2.37. The third kappa shape index (κ3) is 19.0. The summed E-state index contributed by atoms with van der Waals surface area (Å²) < 4.78 is 98.5. The van der Waals surface area contributed by atoms with Gasteiger partial charge in [0.25, 0.3) is 0 Å². The van der Waals surface area contributed by atoms with Crippen LogP contribution >= 0.6 is 11.6 Å². The minimum Gasteiger partial charge on any atom is -0.460 e. The lowest BCUT2D eigenvalue weighted by molar-refractivity contribution is -0.156. The number of fused-ring (bicyclic) bond motifs is 3. The molecular weight excluding hydrogens is 975 g/mol. The number of piperidine rings is 1. The van der Waals surface area contributed by atoms with Gasteiger partial charge in [0.15, 0.2) is 0 Å². The van der Waals surface area contributed by atoms with Crippen molar-refractivity contribution in [1.82, 2.24) is 23.6 Å². The summed E-state index contributed by atoms with van der Waals surface area (Å²) >= 11 is 6.26. The maximum atomic E-state index is 14.4. The molecule has 5 rings (SSSR count). The molecule has 21 nitrogen and oxygen atoms in total. The fourth-order valence-electron chi connectivity index (χ4n) is 7.85. The Morgan fingerprint density at radius 2 is 1.31 bits per heavy atom. The van der Waals surface area contributed by atoms with E-state index >= 15 is 0 Å². The second kappa shape index (κ2) is 30.2. The van der Waals surface area contributed by atoms with Crippen molar-refractivity contribution in [3.05, 3.63) is 53.1 Å². The molecule has 1 aromatic carbocycles. The number of aromatic nitrogens is 3. The molecule has 0 atom stereocenters. The number of amides is 2. The molecule has 1 spiro atoms. The van der Waals surface area contributed by atoms with Gasteiger partial charge in [0.05, 0.1) is 154 Å². The van der Waals surface area contributed by atoms with Gasteiger partial charge in [-0.3, -0.25) is 19.0 Å². The minimum atomic E-state index is -4.29. The number of carbonyl (C=O) groups is 3. The molecule has 1 saturated heterocycles. The Hall–Kier alpha value is -4.14. The summed E-state index contributed by atoms with van der Waals surface area (Å²) in [6.07, 6.45) is 3.60. The Morgan fingerprint density at radius 1 is 0.775 bits per heavy atom. The quantitative estimate of drug-likeness (QED) is 0.0630. The molecule has 2 amide bonds. The lowest BCUT2D eigenvalue weighted by atomic mass is 9.74. The topological polar surface area (TPSA) is 227 Å². The Labute approximate surface area is 420 Å². The maximum Gasteiger partial charge on any atom is 0.422 e. The molecule has 1 N–H and O–H groups in total. The highest BCUT2D eigenvalue weighted by Crippen LogP contribution is 2.48. The van der Waals surface area contributed by atoms with E-state index in [1.54, 1.807) is 35.5 Å². The number of nitrogens with zero attached hydrogens (tertiary/aromatic N) is 5. The molecule has 0 unspecified atom stereocenters. The first-order valence-corrected chi connectivity index (χ1v) is 25.8. The Bertz CT molecular complexity index is 2210. The number of rotatable bonds is 35. The van der Waals surface area contributed by atoms with Crippen LogP contribution < -0.4 is 9.62 Å². The Balaban J connectivity index is 0.843. The summed E-state index contributed by atoms with van der Waals surface area (Å²) in [6.45, 7) is 11.1. The van der Waals surface area contributed by atoms with E-state index in [1.165, 1.54) is 0 Å². The van der Waals surface area contributed by atoms with Gasteiger partial charge in [-0.05, 0) is 76.3 Å². The number of benzene rings is 1. The van der Waals surface area contributed by atoms with E-state index in [-0.39, 0.29) is 83.8 Å². The number of nitrogens with one attached hydrogen (secondary N) is 1. The number of hydrogen-bond acceptors (Lipinski definition) is 17. The van der Waals surface area contributed by atoms with Crippen LogP contribution in [0, 0.1) is 0 Å². The van der Waals surface area contributed by atoms with Crippen molar-refractivity contribution in [2.45, 2.75) is 77.0 Å². The smallest absolute Gasteiger partial charge is 0.422 e. The van der Waals surface area contributed by atoms with Gasteiger partial charge in [-0.15, -0.1) is 0 Å². The minimum absolute atomic E-state index is 0.0230. The number of carbonyl (C=O) groups excluding carboxylic acids is 3. The van der Waals surface area contributed by atoms with Gasteiger partial charge < -0.3 is 56.8 Å². The highest BCUT2D eigenvalue weighted by Gasteiger charge is 2.53. The molecule has 0 radical (unpaired) electrons. The zero-order valence-electron chi connectivity index (χ0n) is 41.1. The van der Waals surface area contributed by atoms with Crippen LogP contribution in [0.5, 0.6) is 0 Å². The second-order valence-electron chi connectivity index (χ2n) is 17.5. The Kier molecular flexibility index (Phi) is 24.5. The molecule has 0 aliphatic carbocycles. The summed E-state index contributed by atoms with van der Waals surface area (Å²) in [6, 6.07) is 7.17. The first kappa shape index (κ1) is 57.8. The van der Waals surface area contributed by atoms with E-state index in [0.717, 1.165) is 15.4 Å². The number of ether oxygens (including phenoxy) is 10. The molecule has 398 valence electrons. The predicted octanol–water partition coefficient (Wildman–Crippen LogP) is 4.55. The molecule has 0 bridgehead atoms. The van der Waals surface area contributed by atoms with Gasteiger partial charge in [-0.2, -0.15) is 12.7 Å². The van der Waals surface area contributed by atoms with Crippen molar-refractivity contribution in [1.29, 1.82) is 0 Å². The van der Waals surface area contributed by atoms with E-state index in [0.29, 0.717) is 121 Å². The Morgan fingerprint density at radius 3 is 1.85 bits per heavy atom. The normalized spacial score (nSPS) is 14.9. The summed E-state index contributed by atoms with van der Waals surface area (Å²) in [5.74, 6) is 0.124. The third-order valence-corrected chi connectivity index (χ3v) is 12.9. The van der Waals surface area contributed by atoms with Crippen LogP contribution in [0.1, 0.15) is 64.3 Å². The number of halogens is 2. The summed E-state index contributed by atoms with van der Waals surface area (Å²) in [5, 5.41) is 0.520. The molecule has 1 fully saturated rings. The third-order valence-electron chi connectivity index (χ3n) is 11.2. The summed E-state index contributed by atoms with van der Waals surface area (Å²) in [7, 11) is -4.29. The maximum absolute atomic E-state index is 14.4. The van der Waals surface area contributed by atoms with E-state index in [4.69, 9.17) is 64.0 Å². The van der Waals surface area contributed by atoms with Crippen molar-refractivity contribution >= 4 is 56.5 Å². The largest absolute Gasteiger partial charge is 0.460 e. The second-order valence-corrected chi connectivity index (χ2v) is 19.6. The van der Waals surface area contributed by atoms with E-state index < -0.39 is 34.0 Å². The average Bonchev–Trinajstić information content (AvgIpc) is 3.77. The molecule has 2 aliphatic heterocycles. The number of hydrogen-bond donors (Lipinski definition) is 1. The number of alkyl halides is 1. The monoisotopic (exact) mass is 1040 g/mol. The molecule has 71 heavy (non-hydrogen) atoms. The first-order chi connectivity index (χ1) is 34.2. The molecule has 4 heterocycles. The van der Waals surface area contributed by atoms with Gasteiger partial charge in [0.2, 0.25) is 5.91 Å². The van der Waals surface area contributed by atoms with Crippen molar-refractivity contribution in [2.24, 2.45) is 0 Å². The van der Waals surface area contributed by atoms with Crippen LogP contribution in [0.15, 0.2) is 36.7 Å². The van der Waals surface area contributed by atoms with Crippen molar-refractivity contribution < 1.29 is 74.6 Å². The molecular formula is C47H70ClFN6O15S. The van der Waals surface area contributed by atoms with E-state index in [1.807, 2.05) is 36.1 Å². The molecule has 2 aliphatic rings. The zero-order valence-corrected chi connectivity index (χ0v) is 42.7. The fraction of sp³-hybridized carbons (Fsp3) is 0.681. The highest BCUT2D eigenvalue weighted by molar-refractivity contribution is 7.87. The van der Waals surface area contributed by atoms with Gasteiger partial charge in [-0.1, -0.05) is 11.6 Å². The van der Waals surface area contributed by atoms with Crippen LogP contribution in [0.4, 0.5) is 14.9 Å². The standard InChI is InChI=1S/C47H70ClFN6O15S/c1-46(2,3)70-43(56)9-17-61-18-19-62-20-21-63-22-23-64-24-25-65-26-27-66-28-29-67-30-31-68-32-33-69-45(58)52-71(59,60)53-15-10-47(11-16-53)38-8-13-50-35-41(38)55(44(47)57)36-42-51-39-34-37(48)6-7-40(39)54(42)14-5-4-12-49/h6-8,13,34-35H,4-5,9-12,14-33,36H2,1-3H3,(H,52,58). The molecule has 0 saturated carbocycles. The number of anilines is 1. The van der Waals surface area contributed by atoms with Crippen LogP contribution in [-0.2, 0) is 85.7 Å². The number of aryl methyl sites for hydroxylation is 1. The molecule has 2 aromatic heterocycles. The SMILES string of the molecule is CC(C)(C)OC(=O)CCOCCOCCOCCOCCOCCOCCOCCOCCOC(=O)NS(=O)(=O)N1CCC2(CC1)C(=O)N(Cc1nc3cc(Cl)ccc3n1CCCCF)c1cnccc12. The number of esters is 1. The molecule has 24 heteroatoms. The van der Waals surface area contributed by atoms with Crippen molar-refractivity contribution in [3.8, 4) is 0 Å². The summed E-state index contributed by atoms with van der Waals surface area (Å²) in [4.78, 5) is 49.2. The highest BCUT2D eigenvalue weighted by atomic mass is 35.5. The number of unbranched alkanes of at least 4 members (excludes halogenated alkanes) is 1. The van der Waals surface area contributed by atoms with Crippen LogP contribution in [-0.4, -0.2) is 183 Å². The first-order valence-electron chi connectivity index (χ1n) is 24.0. The van der Waals surface area contributed by atoms with Gasteiger partial charge in [0.1, 0.15) is 18.0 Å². The number of imidazole rings is 1. The molecule has 3 aromatic rings. The average molecular weight is 1050 g/mol. The van der Waals surface area contributed by atoms with Crippen LogP contribution in [0.3, 0.4) is 0 Å². The predicted molar refractivity (Wildman–Crippen MR) is 258 cm³/mol. The van der Waals surface area contributed by atoms with Crippen molar-refractivity contribution in [3.63, 3.8) is 0 Å². The van der Waals surface area contributed by atoms with Gasteiger partial charge in [-0.25, -0.2) is 14.5 Å². The van der Waals surface area contributed by atoms with E-state index in [9.17, 15) is 27.2 Å².